The average Bonchev–Trinajstić information content (AvgIpc) is 2.85. The fourth-order valence-corrected chi connectivity index (χ4v) is 3.38. The number of hydrogen-bond acceptors (Lipinski definition) is 5. The molecule has 0 saturated heterocycles. The molecule has 8 heteroatoms. The van der Waals surface area contributed by atoms with E-state index < -0.39 is 10.0 Å². The van der Waals surface area contributed by atoms with Gasteiger partial charge < -0.3 is 11.1 Å². The summed E-state index contributed by atoms with van der Waals surface area (Å²) in [5.41, 5.74) is 5.39. The molecule has 0 bridgehead atoms. The van der Waals surface area contributed by atoms with Crippen LogP contribution in [0, 0.1) is 0 Å². The van der Waals surface area contributed by atoms with Gasteiger partial charge in [-0.2, -0.15) is 0 Å². The number of unbranched alkanes of at least 4 members (excludes halogenated alkanes) is 3. The second-order valence-corrected chi connectivity index (χ2v) is 7.45. The number of carbonyl (C=O) groups is 1. The van der Waals surface area contributed by atoms with Crippen LogP contribution in [0.3, 0.4) is 0 Å². The SMILES string of the molecule is NCCCCCCC(=O)NCc1ccc(S(N)(=O)=O)s1. The van der Waals surface area contributed by atoms with Crippen LogP contribution in [0.2, 0.25) is 0 Å². The third-order valence-corrected chi connectivity index (χ3v) is 5.26. The van der Waals surface area contributed by atoms with Crippen molar-refractivity contribution in [3.8, 4) is 0 Å². The van der Waals surface area contributed by atoms with Crippen molar-refractivity contribution >= 4 is 27.3 Å². The summed E-state index contributed by atoms with van der Waals surface area (Å²) in [6.45, 7) is 1.03. The standard InChI is InChI=1S/C12H21N3O3S2/c13-8-4-2-1-3-5-11(16)15-9-10-6-7-12(19-10)20(14,17)18/h6-7H,1-5,8-9,13H2,(H,15,16)(H2,14,17,18). The summed E-state index contributed by atoms with van der Waals surface area (Å²) in [7, 11) is -3.65. The van der Waals surface area contributed by atoms with Crippen LogP contribution >= 0.6 is 11.3 Å². The molecule has 0 aliphatic heterocycles. The molecule has 0 aromatic carbocycles. The lowest BCUT2D eigenvalue weighted by atomic mass is 10.1. The third kappa shape index (κ3) is 6.47. The molecule has 0 spiro atoms. The Balaban J connectivity index is 2.26. The minimum Gasteiger partial charge on any atom is -0.351 e. The molecule has 5 N–H and O–H groups in total. The molecule has 1 aromatic heterocycles. The average molecular weight is 319 g/mol. The number of primary sulfonamides is 1. The largest absolute Gasteiger partial charge is 0.351 e. The molecule has 0 atom stereocenters. The Morgan fingerprint density at radius 1 is 1.20 bits per heavy atom. The van der Waals surface area contributed by atoms with E-state index in [4.69, 9.17) is 10.9 Å². The third-order valence-electron chi connectivity index (χ3n) is 2.74. The Labute approximate surface area is 123 Å². The van der Waals surface area contributed by atoms with E-state index in [0.29, 0.717) is 19.5 Å². The lowest BCUT2D eigenvalue weighted by molar-refractivity contribution is -0.121. The van der Waals surface area contributed by atoms with Gasteiger partial charge in [0.25, 0.3) is 0 Å². The summed E-state index contributed by atoms with van der Waals surface area (Å²) in [6, 6.07) is 3.11. The Kier molecular flexibility index (Phi) is 7.14. The highest BCUT2D eigenvalue weighted by Crippen LogP contribution is 2.19. The van der Waals surface area contributed by atoms with Crippen molar-refractivity contribution in [2.45, 2.75) is 42.9 Å². The van der Waals surface area contributed by atoms with Crippen molar-refractivity contribution < 1.29 is 13.2 Å². The second-order valence-electron chi connectivity index (χ2n) is 4.50. The smallest absolute Gasteiger partial charge is 0.247 e. The van der Waals surface area contributed by atoms with E-state index in [1.807, 2.05) is 0 Å². The van der Waals surface area contributed by atoms with Gasteiger partial charge in [0.1, 0.15) is 4.21 Å². The molecule has 0 saturated carbocycles. The molecule has 0 unspecified atom stereocenters. The lowest BCUT2D eigenvalue weighted by Crippen LogP contribution is -2.21. The number of rotatable bonds is 9. The minimum atomic E-state index is -3.65. The number of hydrogen-bond donors (Lipinski definition) is 3. The van der Waals surface area contributed by atoms with Crippen LogP contribution in [-0.4, -0.2) is 20.9 Å². The van der Waals surface area contributed by atoms with Crippen molar-refractivity contribution in [1.82, 2.24) is 5.32 Å². The predicted molar refractivity (Wildman–Crippen MR) is 79.7 cm³/mol. The van der Waals surface area contributed by atoms with E-state index >= 15 is 0 Å². The van der Waals surface area contributed by atoms with E-state index in [2.05, 4.69) is 5.32 Å². The molecule has 1 aromatic rings. The summed E-state index contributed by atoms with van der Waals surface area (Å²) < 4.78 is 22.3. The number of thiophene rings is 1. The van der Waals surface area contributed by atoms with Crippen molar-refractivity contribution in [2.75, 3.05) is 6.54 Å². The predicted octanol–water partition coefficient (Wildman–Crippen LogP) is 0.921. The quantitative estimate of drug-likeness (QED) is 0.587. The number of amides is 1. The second kappa shape index (κ2) is 8.35. The molecule has 0 aliphatic carbocycles. The first-order valence-corrected chi connectivity index (χ1v) is 8.88. The van der Waals surface area contributed by atoms with Crippen LogP contribution in [0.1, 0.15) is 37.0 Å². The summed E-state index contributed by atoms with van der Waals surface area (Å²) in [6.07, 6.45) is 4.37. The van der Waals surface area contributed by atoms with Gasteiger partial charge in [-0.25, -0.2) is 13.6 Å². The molecule has 0 radical (unpaired) electrons. The molecule has 6 nitrogen and oxygen atoms in total. The number of carbonyl (C=O) groups excluding carboxylic acids is 1. The maximum absolute atomic E-state index is 11.6. The molecule has 0 aliphatic rings. The molecule has 1 heterocycles. The molecule has 20 heavy (non-hydrogen) atoms. The van der Waals surface area contributed by atoms with Gasteiger partial charge in [-0.05, 0) is 31.5 Å². The van der Waals surface area contributed by atoms with Crippen LogP contribution in [0.25, 0.3) is 0 Å². The molecule has 1 rings (SSSR count). The maximum Gasteiger partial charge on any atom is 0.247 e. The molecule has 1 amide bonds. The highest BCUT2D eigenvalue weighted by atomic mass is 32.2. The van der Waals surface area contributed by atoms with Crippen LogP contribution in [0.5, 0.6) is 0 Å². The van der Waals surface area contributed by atoms with Gasteiger partial charge in [0.2, 0.25) is 15.9 Å². The normalized spacial score (nSPS) is 11.5. The van der Waals surface area contributed by atoms with E-state index in [1.165, 1.54) is 6.07 Å². The molecule has 114 valence electrons. The number of sulfonamides is 1. The van der Waals surface area contributed by atoms with Gasteiger partial charge in [0.15, 0.2) is 0 Å². The van der Waals surface area contributed by atoms with Gasteiger partial charge in [-0.15, -0.1) is 11.3 Å². The first kappa shape index (κ1) is 17.1. The molecular formula is C12H21N3O3S2. The van der Waals surface area contributed by atoms with E-state index in [9.17, 15) is 13.2 Å². The summed E-state index contributed by atoms with van der Waals surface area (Å²) in [5.74, 6) is -0.0247. The van der Waals surface area contributed by atoms with Crippen molar-refractivity contribution in [1.29, 1.82) is 0 Å². The summed E-state index contributed by atoms with van der Waals surface area (Å²) in [4.78, 5) is 12.3. The Hall–Kier alpha value is -0.960. The first-order chi connectivity index (χ1) is 9.43. The fraction of sp³-hybridized carbons (Fsp3) is 0.583. The van der Waals surface area contributed by atoms with Gasteiger partial charge in [-0.1, -0.05) is 12.8 Å². The van der Waals surface area contributed by atoms with Crippen molar-refractivity contribution in [3.63, 3.8) is 0 Å². The molecule has 0 fully saturated rings. The molecular weight excluding hydrogens is 298 g/mol. The van der Waals surface area contributed by atoms with Crippen molar-refractivity contribution in [2.24, 2.45) is 10.9 Å². The van der Waals surface area contributed by atoms with E-state index in [-0.39, 0.29) is 10.1 Å². The highest BCUT2D eigenvalue weighted by Gasteiger charge is 2.11. The van der Waals surface area contributed by atoms with Crippen molar-refractivity contribution in [3.05, 3.63) is 17.0 Å². The number of nitrogens with one attached hydrogen (secondary N) is 1. The van der Waals surface area contributed by atoms with Gasteiger partial charge >= 0.3 is 0 Å². The van der Waals surface area contributed by atoms with E-state index in [1.54, 1.807) is 6.07 Å². The summed E-state index contributed by atoms with van der Waals surface area (Å²) >= 11 is 1.08. The fourth-order valence-electron chi connectivity index (χ4n) is 1.66. The lowest BCUT2D eigenvalue weighted by Gasteiger charge is -2.03. The monoisotopic (exact) mass is 319 g/mol. The van der Waals surface area contributed by atoms with Gasteiger partial charge in [0, 0.05) is 11.3 Å². The first-order valence-electron chi connectivity index (χ1n) is 6.52. The Morgan fingerprint density at radius 2 is 1.90 bits per heavy atom. The van der Waals surface area contributed by atoms with Crippen LogP contribution in [0.15, 0.2) is 16.3 Å². The van der Waals surface area contributed by atoms with Crippen LogP contribution < -0.4 is 16.2 Å². The van der Waals surface area contributed by atoms with Gasteiger partial charge in [0.05, 0.1) is 6.54 Å². The zero-order valence-electron chi connectivity index (χ0n) is 11.3. The van der Waals surface area contributed by atoms with E-state index in [0.717, 1.165) is 41.9 Å². The zero-order valence-corrected chi connectivity index (χ0v) is 12.9. The zero-order chi connectivity index (χ0) is 15.0. The number of nitrogens with two attached hydrogens (primary N) is 2. The highest BCUT2D eigenvalue weighted by molar-refractivity contribution is 7.91. The summed E-state index contributed by atoms with van der Waals surface area (Å²) in [5, 5.41) is 7.78. The van der Waals surface area contributed by atoms with Crippen LogP contribution in [-0.2, 0) is 21.4 Å². The maximum atomic E-state index is 11.6. The Morgan fingerprint density at radius 3 is 2.50 bits per heavy atom. The topological polar surface area (TPSA) is 115 Å². The van der Waals surface area contributed by atoms with Crippen LogP contribution in [0.4, 0.5) is 0 Å². The van der Waals surface area contributed by atoms with Gasteiger partial charge in [-0.3, -0.25) is 4.79 Å². The Bertz CT molecular complexity index is 526. The minimum absolute atomic E-state index is 0.0247.